The molecular formula is C14H24N2O4S. The van der Waals surface area contributed by atoms with Gasteiger partial charge in [-0.1, -0.05) is 12.8 Å². The fourth-order valence-electron chi connectivity index (χ4n) is 4.11. The van der Waals surface area contributed by atoms with E-state index in [-0.39, 0.29) is 17.9 Å². The average Bonchev–Trinajstić information content (AvgIpc) is 2.61. The number of carboxylic acid groups (broad SMARTS) is 1. The Kier molecular flexibility index (Phi) is 4.25. The molecule has 3 rings (SSSR count). The van der Waals surface area contributed by atoms with Crippen molar-refractivity contribution in [2.24, 2.45) is 17.8 Å². The van der Waals surface area contributed by atoms with Gasteiger partial charge in [0.05, 0.1) is 5.92 Å². The van der Waals surface area contributed by atoms with Crippen molar-refractivity contribution < 1.29 is 18.3 Å². The van der Waals surface area contributed by atoms with Crippen molar-refractivity contribution in [2.45, 2.75) is 51.0 Å². The van der Waals surface area contributed by atoms with Gasteiger partial charge in [-0.25, -0.2) is 0 Å². The van der Waals surface area contributed by atoms with Crippen LogP contribution < -0.4 is 4.72 Å². The van der Waals surface area contributed by atoms with E-state index in [1.54, 1.807) is 4.31 Å². The van der Waals surface area contributed by atoms with Crippen molar-refractivity contribution in [1.29, 1.82) is 0 Å². The van der Waals surface area contributed by atoms with Crippen molar-refractivity contribution in [1.82, 2.24) is 9.03 Å². The standard InChI is InChI=1S/C14H24N2O4S/c17-14(18)11-7-10-9-13(12(10)8-11)15-21(19,20)16-5-3-1-2-4-6-16/h10-13,15H,1-9H2,(H,17,18)/t10-,11?,12-,13+/m1/s1. The molecule has 1 heterocycles. The Morgan fingerprint density at radius 3 is 2.33 bits per heavy atom. The largest absolute Gasteiger partial charge is 0.481 e. The van der Waals surface area contributed by atoms with Crippen LogP contribution in [0.3, 0.4) is 0 Å². The first-order chi connectivity index (χ1) is 9.97. The maximum atomic E-state index is 12.4. The summed E-state index contributed by atoms with van der Waals surface area (Å²) in [5.41, 5.74) is 0. The molecule has 0 bridgehead atoms. The minimum Gasteiger partial charge on any atom is -0.481 e. The van der Waals surface area contributed by atoms with Crippen LogP contribution in [-0.2, 0) is 15.0 Å². The van der Waals surface area contributed by atoms with Crippen molar-refractivity contribution in [2.75, 3.05) is 13.1 Å². The van der Waals surface area contributed by atoms with E-state index in [1.807, 2.05) is 0 Å². The van der Waals surface area contributed by atoms with Gasteiger partial charge in [0.2, 0.25) is 0 Å². The van der Waals surface area contributed by atoms with E-state index in [0.717, 1.165) is 32.1 Å². The minimum absolute atomic E-state index is 0.0624. The van der Waals surface area contributed by atoms with Gasteiger partial charge < -0.3 is 5.11 Å². The summed E-state index contributed by atoms with van der Waals surface area (Å²) in [4.78, 5) is 11.1. The average molecular weight is 316 g/mol. The number of nitrogens with one attached hydrogen (secondary N) is 1. The van der Waals surface area contributed by atoms with Crippen LogP contribution >= 0.6 is 0 Å². The highest BCUT2D eigenvalue weighted by atomic mass is 32.2. The molecule has 4 atom stereocenters. The van der Waals surface area contributed by atoms with Gasteiger partial charge in [-0.05, 0) is 43.9 Å². The highest BCUT2D eigenvalue weighted by Gasteiger charge is 2.50. The second-order valence-electron chi connectivity index (χ2n) is 6.71. The summed E-state index contributed by atoms with van der Waals surface area (Å²) in [6, 6.07) is -0.0624. The fourth-order valence-corrected chi connectivity index (χ4v) is 5.65. The Balaban J connectivity index is 1.58. The van der Waals surface area contributed by atoms with Gasteiger partial charge >= 0.3 is 5.97 Å². The second-order valence-corrected chi connectivity index (χ2v) is 8.41. The van der Waals surface area contributed by atoms with E-state index in [4.69, 9.17) is 5.11 Å². The number of hydrogen-bond acceptors (Lipinski definition) is 3. The number of fused-ring (bicyclic) bond motifs is 1. The molecule has 2 aliphatic carbocycles. The third-order valence-electron chi connectivity index (χ3n) is 5.38. The number of carbonyl (C=O) groups is 1. The predicted molar refractivity (Wildman–Crippen MR) is 77.8 cm³/mol. The second kappa shape index (κ2) is 5.85. The van der Waals surface area contributed by atoms with Gasteiger partial charge in [0.25, 0.3) is 10.2 Å². The molecular weight excluding hydrogens is 292 g/mol. The molecule has 2 saturated carbocycles. The lowest BCUT2D eigenvalue weighted by Crippen LogP contribution is -2.54. The lowest BCUT2D eigenvalue weighted by molar-refractivity contribution is -0.141. The zero-order valence-electron chi connectivity index (χ0n) is 12.2. The zero-order chi connectivity index (χ0) is 15.0. The Labute approximate surface area is 126 Å². The van der Waals surface area contributed by atoms with Crippen LogP contribution in [0.1, 0.15) is 44.9 Å². The van der Waals surface area contributed by atoms with Crippen LogP contribution in [0.25, 0.3) is 0 Å². The van der Waals surface area contributed by atoms with Crippen LogP contribution in [0.15, 0.2) is 0 Å². The molecule has 21 heavy (non-hydrogen) atoms. The van der Waals surface area contributed by atoms with E-state index in [1.165, 1.54) is 0 Å². The molecule has 3 aliphatic rings. The highest BCUT2D eigenvalue weighted by molar-refractivity contribution is 7.87. The molecule has 1 saturated heterocycles. The molecule has 0 aromatic heterocycles. The van der Waals surface area contributed by atoms with Crippen LogP contribution in [0, 0.1) is 17.8 Å². The van der Waals surface area contributed by atoms with Gasteiger partial charge in [-0.3, -0.25) is 4.79 Å². The third kappa shape index (κ3) is 3.10. The quantitative estimate of drug-likeness (QED) is 0.816. The monoisotopic (exact) mass is 316 g/mol. The van der Waals surface area contributed by atoms with Crippen LogP contribution in [0.4, 0.5) is 0 Å². The maximum absolute atomic E-state index is 12.4. The first-order valence-electron chi connectivity index (χ1n) is 7.97. The van der Waals surface area contributed by atoms with Crippen molar-refractivity contribution in [3.63, 3.8) is 0 Å². The van der Waals surface area contributed by atoms with Crippen LogP contribution in [0.2, 0.25) is 0 Å². The smallest absolute Gasteiger partial charge is 0.306 e. The SMILES string of the molecule is O=C(O)C1C[C@@H]2C[C@H](NS(=O)(=O)N3CCCCCC3)[C@@H]2C1. The van der Waals surface area contributed by atoms with Gasteiger partial charge in [-0.15, -0.1) is 0 Å². The first-order valence-corrected chi connectivity index (χ1v) is 9.41. The Morgan fingerprint density at radius 2 is 1.71 bits per heavy atom. The van der Waals surface area contributed by atoms with Crippen LogP contribution in [0.5, 0.6) is 0 Å². The number of hydrogen-bond donors (Lipinski definition) is 2. The van der Waals surface area contributed by atoms with Crippen molar-refractivity contribution in [3.05, 3.63) is 0 Å². The highest BCUT2D eigenvalue weighted by Crippen LogP contribution is 2.50. The number of nitrogens with zero attached hydrogens (tertiary/aromatic N) is 1. The summed E-state index contributed by atoms with van der Waals surface area (Å²) >= 11 is 0. The summed E-state index contributed by atoms with van der Waals surface area (Å²) in [5.74, 6) is -0.415. The van der Waals surface area contributed by atoms with E-state index in [0.29, 0.717) is 31.8 Å². The molecule has 0 amide bonds. The number of carboxylic acids is 1. The van der Waals surface area contributed by atoms with Crippen molar-refractivity contribution >= 4 is 16.2 Å². The third-order valence-corrected chi connectivity index (χ3v) is 7.02. The predicted octanol–water partition coefficient (Wildman–Crippen LogP) is 1.20. The van der Waals surface area contributed by atoms with Gasteiger partial charge in [0.15, 0.2) is 0 Å². The Morgan fingerprint density at radius 1 is 1.05 bits per heavy atom. The Bertz CT molecular complexity index is 499. The summed E-state index contributed by atoms with van der Waals surface area (Å²) in [6.45, 7) is 1.21. The van der Waals surface area contributed by atoms with Crippen LogP contribution in [-0.4, -0.2) is 42.9 Å². The Hall–Kier alpha value is -0.660. The van der Waals surface area contributed by atoms with E-state index >= 15 is 0 Å². The molecule has 1 aliphatic heterocycles. The number of rotatable bonds is 4. The summed E-state index contributed by atoms with van der Waals surface area (Å²) in [6.07, 6.45) is 6.18. The fraction of sp³-hybridized carbons (Fsp3) is 0.929. The summed E-state index contributed by atoms with van der Waals surface area (Å²) in [7, 11) is -3.41. The summed E-state index contributed by atoms with van der Waals surface area (Å²) in [5, 5.41) is 9.08. The normalized spacial score (nSPS) is 37.5. The lowest BCUT2D eigenvalue weighted by Gasteiger charge is -2.41. The molecule has 3 fully saturated rings. The molecule has 1 unspecified atom stereocenters. The first kappa shape index (κ1) is 15.2. The minimum atomic E-state index is -3.41. The topological polar surface area (TPSA) is 86.7 Å². The summed E-state index contributed by atoms with van der Waals surface area (Å²) < 4.78 is 29.3. The lowest BCUT2D eigenvalue weighted by atomic mass is 9.72. The zero-order valence-corrected chi connectivity index (χ0v) is 13.0. The van der Waals surface area contributed by atoms with Gasteiger partial charge in [0, 0.05) is 19.1 Å². The molecule has 6 nitrogen and oxygen atoms in total. The van der Waals surface area contributed by atoms with Crippen molar-refractivity contribution in [3.8, 4) is 0 Å². The van der Waals surface area contributed by atoms with E-state index in [9.17, 15) is 13.2 Å². The molecule has 0 aromatic carbocycles. The van der Waals surface area contributed by atoms with Gasteiger partial charge in [-0.2, -0.15) is 17.4 Å². The molecule has 7 heteroatoms. The van der Waals surface area contributed by atoms with E-state index < -0.39 is 16.2 Å². The molecule has 2 N–H and O–H groups in total. The molecule has 0 spiro atoms. The maximum Gasteiger partial charge on any atom is 0.306 e. The molecule has 120 valence electrons. The molecule has 0 radical (unpaired) electrons. The van der Waals surface area contributed by atoms with Gasteiger partial charge in [0.1, 0.15) is 0 Å². The molecule has 0 aromatic rings. The number of aliphatic carboxylic acids is 1. The van der Waals surface area contributed by atoms with E-state index in [2.05, 4.69) is 4.72 Å².